The van der Waals surface area contributed by atoms with E-state index < -0.39 is 0 Å². The van der Waals surface area contributed by atoms with Crippen LogP contribution in [0.5, 0.6) is 0 Å². The Kier molecular flexibility index (Phi) is 4.14. The van der Waals surface area contributed by atoms with Gasteiger partial charge in [0.2, 0.25) is 0 Å². The van der Waals surface area contributed by atoms with Gasteiger partial charge >= 0.3 is 0 Å². The number of nitrogen functional groups attached to an aromatic ring is 1. The Balaban J connectivity index is 1.96. The molecule has 18 heavy (non-hydrogen) atoms. The van der Waals surface area contributed by atoms with Gasteiger partial charge in [-0.05, 0) is 47.0 Å². The number of hydrogen-bond acceptors (Lipinski definition) is 5. The summed E-state index contributed by atoms with van der Waals surface area (Å²) in [6, 6.07) is 2.44. The Morgan fingerprint density at radius 1 is 1.39 bits per heavy atom. The lowest BCUT2D eigenvalue weighted by molar-refractivity contribution is 0.137. The van der Waals surface area contributed by atoms with Gasteiger partial charge in [-0.3, -0.25) is 4.90 Å². The first-order valence-corrected chi connectivity index (χ1v) is 6.53. The molecule has 0 amide bonds. The summed E-state index contributed by atoms with van der Waals surface area (Å²) in [5.41, 5.74) is 6.69. The zero-order valence-corrected chi connectivity index (χ0v) is 11.6. The smallest absolute Gasteiger partial charge is 0.144 e. The topological polar surface area (TPSA) is 58.3 Å². The van der Waals surface area contributed by atoms with Crippen molar-refractivity contribution in [1.29, 1.82) is 0 Å². The Morgan fingerprint density at radius 2 is 2.06 bits per heavy atom. The first-order chi connectivity index (χ1) is 8.54. The third kappa shape index (κ3) is 3.40. The van der Waals surface area contributed by atoms with Crippen LogP contribution in [0.4, 0.5) is 5.82 Å². The number of nitrogens with two attached hydrogens (primary N) is 1. The van der Waals surface area contributed by atoms with E-state index in [1.54, 1.807) is 6.07 Å². The normalized spacial score (nSPS) is 18.4. The third-order valence-corrected chi connectivity index (χ3v) is 3.62. The lowest BCUT2D eigenvalue weighted by atomic mass is 10.0. The Morgan fingerprint density at radius 3 is 2.67 bits per heavy atom. The highest BCUT2D eigenvalue weighted by molar-refractivity contribution is 5.29. The van der Waals surface area contributed by atoms with E-state index >= 15 is 0 Å². The van der Waals surface area contributed by atoms with Crippen molar-refractivity contribution in [3.63, 3.8) is 0 Å². The molecule has 5 nitrogen and oxygen atoms in total. The summed E-state index contributed by atoms with van der Waals surface area (Å²) in [5.74, 6) is 1.39. The molecule has 2 rings (SSSR count). The predicted molar refractivity (Wildman–Crippen MR) is 73.2 cm³/mol. The van der Waals surface area contributed by atoms with Gasteiger partial charge in [0.25, 0.3) is 0 Å². The zero-order chi connectivity index (χ0) is 13.1. The number of hydrogen-bond donors (Lipinski definition) is 1. The SMILES string of the molecule is Cc1cc(N)nc(CN(C)C2CCN(C)CC2)n1. The average Bonchev–Trinajstić information content (AvgIpc) is 2.28. The summed E-state index contributed by atoms with van der Waals surface area (Å²) >= 11 is 0. The van der Waals surface area contributed by atoms with Gasteiger partial charge in [0, 0.05) is 17.8 Å². The van der Waals surface area contributed by atoms with Gasteiger partial charge in [-0.2, -0.15) is 0 Å². The standard InChI is InChI=1S/C13H23N5/c1-10-8-12(14)16-13(15-10)9-18(3)11-4-6-17(2)7-5-11/h8,11H,4-7,9H2,1-3H3,(H2,14,15,16). The molecule has 5 heteroatoms. The van der Waals surface area contributed by atoms with Gasteiger partial charge in [0.05, 0.1) is 6.54 Å². The number of aromatic nitrogens is 2. The lowest BCUT2D eigenvalue weighted by Gasteiger charge is -2.34. The monoisotopic (exact) mass is 249 g/mol. The van der Waals surface area contributed by atoms with Crippen molar-refractivity contribution in [2.24, 2.45) is 0 Å². The summed E-state index contributed by atoms with van der Waals surface area (Å²) in [4.78, 5) is 13.5. The van der Waals surface area contributed by atoms with E-state index in [0.717, 1.165) is 18.1 Å². The van der Waals surface area contributed by atoms with Gasteiger partial charge in [0.15, 0.2) is 0 Å². The van der Waals surface area contributed by atoms with Crippen molar-refractivity contribution >= 4 is 5.82 Å². The summed E-state index contributed by atoms with van der Waals surface area (Å²) in [6.07, 6.45) is 2.43. The molecule has 1 aliphatic rings. The van der Waals surface area contributed by atoms with Crippen LogP contribution in [0.15, 0.2) is 6.07 Å². The van der Waals surface area contributed by atoms with E-state index in [1.807, 2.05) is 6.92 Å². The molecule has 0 saturated carbocycles. The average molecular weight is 249 g/mol. The molecule has 2 heterocycles. The fraction of sp³-hybridized carbons (Fsp3) is 0.692. The van der Waals surface area contributed by atoms with Crippen LogP contribution in [-0.2, 0) is 6.54 Å². The molecule has 0 spiro atoms. The highest BCUT2D eigenvalue weighted by atomic mass is 15.2. The molecule has 0 radical (unpaired) electrons. The molecule has 1 saturated heterocycles. The highest BCUT2D eigenvalue weighted by Crippen LogP contribution is 2.15. The molecular weight excluding hydrogens is 226 g/mol. The molecule has 0 aliphatic carbocycles. The molecule has 2 N–H and O–H groups in total. The van der Waals surface area contributed by atoms with Gasteiger partial charge in [-0.15, -0.1) is 0 Å². The first kappa shape index (κ1) is 13.2. The number of piperidine rings is 1. The minimum atomic E-state index is 0.564. The lowest BCUT2D eigenvalue weighted by Crippen LogP contribution is -2.41. The van der Waals surface area contributed by atoms with Crippen molar-refractivity contribution in [2.75, 3.05) is 32.9 Å². The van der Waals surface area contributed by atoms with Crippen LogP contribution in [0, 0.1) is 6.92 Å². The van der Waals surface area contributed by atoms with Gasteiger partial charge in [-0.25, -0.2) is 9.97 Å². The molecule has 1 aromatic rings. The second-order valence-electron chi connectivity index (χ2n) is 5.30. The predicted octanol–water partition coefficient (Wildman–Crippen LogP) is 0.893. The second kappa shape index (κ2) is 5.63. The van der Waals surface area contributed by atoms with Crippen molar-refractivity contribution < 1.29 is 0 Å². The van der Waals surface area contributed by atoms with Crippen LogP contribution in [0.3, 0.4) is 0 Å². The number of rotatable bonds is 3. The highest BCUT2D eigenvalue weighted by Gasteiger charge is 2.21. The number of likely N-dealkylation sites (tertiary alicyclic amines) is 1. The van der Waals surface area contributed by atoms with Crippen molar-refractivity contribution in [1.82, 2.24) is 19.8 Å². The first-order valence-electron chi connectivity index (χ1n) is 6.53. The van der Waals surface area contributed by atoms with Crippen molar-refractivity contribution in [3.05, 3.63) is 17.6 Å². The molecular formula is C13H23N5. The van der Waals surface area contributed by atoms with E-state index in [-0.39, 0.29) is 0 Å². The van der Waals surface area contributed by atoms with E-state index in [1.165, 1.54) is 25.9 Å². The summed E-state index contributed by atoms with van der Waals surface area (Å²) in [5, 5.41) is 0. The van der Waals surface area contributed by atoms with Crippen LogP contribution in [0.2, 0.25) is 0 Å². The second-order valence-corrected chi connectivity index (χ2v) is 5.30. The van der Waals surface area contributed by atoms with E-state index in [0.29, 0.717) is 11.9 Å². The van der Waals surface area contributed by atoms with E-state index in [4.69, 9.17) is 5.73 Å². The Hall–Kier alpha value is -1.20. The Labute approximate surface area is 109 Å². The minimum absolute atomic E-state index is 0.564. The van der Waals surface area contributed by atoms with E-state index in [2.05, 4.69) is 33.9 Å². The number of nitrogens with zero attached hydrogens (tertiary/aromatic N) is 4. The van der Waals surface area contributed by atoms with Crippen molar-refractivity contribution in [3.8, 4) is 0 Å². The zero-order valence-electron chi connectivity index (χ0n) is 11.6. The molecule has 0 bridgehead atoms. The fourth-order valence-electron chi connectivity index (χ4n) is 2.51. The molecule has 0 atom stereocenters. The molecule has 1 aromatic heterocycles. The van der Waals surface area contributed by atoms with Crippen molar-refractivity contribution in [2.45, 2.75) is 32.4 Å². The summed E-state index contributed by atoms with van der Waals surface area (Å²) in [7, 11) is 4.33. The maximum atomic E-state index is 5.76. The molecule has 1 fully saturated rings. The minimum Gasteiger partial charge on any atom is -0.384 e. The molecule has 0 unspecified atom stereocenters. The van der Waals surface area contributed by atoms with Gasteiger partial charge in [0.1, 0.15) is 11.6 Å². The van der Waals surface area contributed by atoms with Gasteiger partial charge in [-0.1, -0.05) is 0 Å². The molecule has 100 valence electrons. The van der Waals surface area contributed by atoms with Crippen LogP contribution < -0.4 is 5.73 Å². The Bertz CT molecular complexity index is 378. The van der Waals surface area contributed by atoms with Gasteiger partial charge < -0.3 is 10.6 Å². The maximum Gasteiger partial charge on any atom is 0.144 e. The largest absolute Gasteiger partial charge is 0.384 e. The fourth-order valence-corrected chi connectivity index (χ4v) is 2.51. The van der Waals surface area contributed by atoms with Crippen LogP contribution in [0.1, 0.15) is 24.4 Å². The summed E-state index contributed by atoms with van der Waals surface area (Å²) in [6.45, 7) is 5.08. The van der Waals surface area contributed by atoms with Crippen LogP contribution in [-0.4, -0.2) is 53.0 Å². The van der Waals surface area contributed by atoms with Crippen LogP contribution >= 0.6 is 0 Å². The van der Waals surface area contributed by atoms with Crippen LogP contribution in [0.25, 0.3) is 0 Å². The summed E-state index contributed by atoms with van der Waals surface area (Å²) < 4.78 is 0. The maximum absolute atomic E-state index is 5.76. The number of anilines is 1. The quantitative estimate of drug-likeness (QED) is 0.862. The molecule has 1 aliphatic heterocycles. The molecule has 0 aromatic carbocycles. The third-order valence-electron chi connectivity index (χ3n) is 3.62. The van der Waals surface area contributed by atoms with E-state index in [9.17, 15) is 0 Å². The number of aryl methyl sites for hydroxylation is 1.